The zero-order valence-electron chi connectivity index (χ0n) is 11.0. The number of carboxylic acid groups (broad SMARTS) is 1. The Morgan fingerprint density at radius 2 is 2.28 bits per heavy atom. The van der Waals surface area contributed by atoms with Crippen LogP contribution in [0.4, 0.5) is 6.01 Å². The Kier molecular flexibility index (Phi) is 3.54. The topological polar surface area (TPSA) is 79.5 Å². The molecule has 6 nitrogen and oxygen atoms in total. The minimum atomic E-state index is -0.748. The van der Waals surface area contributed by atoms with Crippen LogP contribution >= 0.6 is 0 Å². The van der Waals surface area contributed by atoms with Gasteiger partial charge in [-0.2, -0.15) is 4.98 Å². The zero-order valence-corrected chi connectivity index (χ0v) is 11.0. The van der Waals surface area contributed by atoms with Crippen molar-refractivity contribution in [1.82, 2.24) is 10.1 Å². The summed E-state index contributed by atoms with van der Waals surface area (Å²) in [5, 5.41) is 12.8. The third kappa shape index (κ3) is 2.63. The van der Waals surface area contributed by atoms with Gasteiger partial charge in [0.2, 0.25) is 0 Å². The van der Waals surface area contributed by atoms with Gasteiger partial charge >= 0.3 is 12.0 Å². The molecule has 0 unspecified atom stereocenters. The van der Waals surface area contributed by atoms with E-state index in [0.29, 0.717) is 24.3 Å². The smallest absolute Gasteiger partial charge is 0.324 e. The molecule has 0 aliphatic carbocycles. The molecule has 1 aromatic heterocycles. The second-order valence-corrected chi connectivity index (χ2v) is 5.33. The standard InChI is InChI=1S/C12H19N3O3/c1-7(2)11-13-12(18-14-11)15-5-8(3)9(6-15)4-10(16)17/h7-9H,4-6H2,1-3H3,(H,16,17)/t8-,9-/m1/s1. The molecule has 1 fully saturated rings. The van der Waals surface area contributed by atoms with Crippen molar-refractivity contribution in [2.45, 2.75) is 33.1 Å². The second-order valence-electron chi connectivity index (χ2n) is 5.33. The molecule has 0 radical (unpaired) electrons. The quantitative estimate of drug-likeness (QED) is 0.880. The normalized spacial score (nSPS) is 23.9. The average Bonchev–Trinajstić information content (AvgIpc) is 2.85. The van der Waals surface area contributed by atoms with E-state index in [0.717, 1.165) is 6.54 Å². The molecule has 1 N–H and O–H groups in total. The maximum absolute atomic E-state index is 10.8. The summed E-state index contributed by atoms with van der Waals surface area (Å²) in [4.78, 5) is 17.1. The average molecular weight is 253 g/mol. The summed E-state index contributed by atoms with van der Waals surface area (Å²) in [5.41, 5.74) is 0. The second kappa shape index (κ2) is 4.96. The number of hydrogen-bond donors (Lipinski definition) is 1. The van der Waals surface area contributed by atoms with Gasteiger partial charge in [-0.25, -0.2) is 0 Å². The molecule has 1 aliphatic heterocycles. The minimum absolute atomic E-state index is 0.150. The Balaban J connectivity index is 2.04. The molecule has 18 heavy (non-hydrogen) atoms. The first-order chi connectivity index (χ1) is 8.47. The van der Waals surface area contributed by atoms with Crippen LogP contribution < -0.4 is 4.90 Å². The lowest BCUT2D eigenvalue weighted by Crippen LogP contribution is -2.20. The highest BCUT2D eigenvalue weighted by Crippen LogP contribution is 2.29. The van der Waals surface area contributed by atoms with Crippen LogP contribution in [0.5, 0.6) is 0 Å². The van der Waals surface area contributed by atoms with E-state index in [1.54, 1.807) is 0 Å². The lowest BCUT2D eigenvalue weighted by Gasteiger charge is -2.11. The molecule has 6 heteroatoms. The van der Waals surface area contributed by atoms with Gasteiger partial charge in [0.25, 0.3) is 0 Å². The van der Waals surface area contributed by atoms with Crippen molar-refractivity contribution in [2.75, 3.05) is 18.0 Å². The van der Waals surface area contributed by atoms with E-state index >= 15 is 0 Å². The molecule has 0 amide bonds. The van der Waals surface area contributed by atoms with Crippen molar-refractivity contribution in [3.05, 3.63) is 5.82 Å². The van der Waals surface area contributed by atoms with Crippen LogP contribution in [0.1, 0.15) is 38.9 Å². The molecule has 0 saturated carbocycles. The zero-order chi connectivity index (χ0) is 13.3. The van der Waals surface area contributed by atoms with Gasteiger partial charge in [0.05, 0.1) is 6.42 Å². The van der Waals surface area contributed by atoms with Gasteiger partial charge in [0.1, 0.15) is 0 Å². The Morgan fingerprint density at radius 1 is 1.56 bits per heavy atom. The molecule has 1 aliphatic rings. The summed E-state index contributed by atoms with van der Waals surface area (Å²) < 4.78 is 5.23. The Labute approximate surface area is 106 Å². The lowest BCUT2D eigenvalue weighted by atomic mass is 9.95. The molecule has 0 aromatic carbocycles. The lowest BCUT2D eigenvalue weighted by molar-refractivity contribution is -0.138. The number of carboxylic acids is 1. The van der Waals surface area contributed by atoms with E-state index in [1.165, 1.54) is 0 Å². The SMILES string of the molecule is CC(C)c1noc(N2C[C@@H](CC(=O)O)[C@H](C)C2)n1. The van der Waals surface area contributed by atoms with E-state index in [9.17, 15) is 4.79 Å². The van der Waals surface area contributed by atoms with Gasteiger partial charge in [-0.1, -0.05) is 25.9 Å². The van der Waals surface area contributed by atoms with Crippen molar-refractivity contribution < 1.29 is 14.4 Å². The molecule has 100 valence electrons. The van der Waals surface area contributed by atoms with E-state index in [-0.39, 0.29) is 18.3 Å². The van der Waals surface area contributed by atoms with Crippen molar-refractivity contribution in [3.63, 3.8) is 0 Å². The number of rotatable bonds is 4. The third-order valence-corrected chi connectivity index (χ3v) is 3.42. The van der Waals surface area contributed by atoms with Gasteiger partial charge in [-0.15, -0.1) is 0 Å². The summed E-state index contributed by atoms with van der Waals surface area (Å²) in [6, 6.07) is 0.512. The number of aliphatic carboxylic acids is 1. The monoisotopic (exact) mass is 253 g/mol. The molecule has 1 saturated heterocycles. The van der Waals surface area contributed by atoms with Crippen molar-refractivity contribution in [3.8, 4) is 0 Å². The first-order valence-corrected chi connectivity index (χ1v) is 6.27. The molecule has 0 spiro atoms. The van der Waals surface area contributed by atoms with Gasteiger partial charge in [0, 0.05) is 19.0 Å². The number of aromatic nitrogens is 2. The maximum atomic E-state index is 10.8. The predicted octanol–water partition coefficient (Wildman–Crippen LogP) is 1.74. The van der Waals surface area contributed by atoms with Crippen LogP contribution in [0.15, 0.2) is 4.52 Å². The molecule has 1 aromatic rings. The predicted molar refractivity (Wildman–Crippen MR) is 65.5 cm³/mol. The molecule has 2 rings (SSSR count). The Bertz CT molecular complexity index is 430. The number of nitrogens with zero attached hydrogens (tertiary/aromatic N) is 3. The molecule has 0 bridgehead atoms. The van der Waals surface area contributed by atoms with Crippen LogP contribution in [0.25, 0.3) is 0 Å². The van der Waals surface area contributed by atoms with Gasteiger partial charge in [-0.05, 0) is 11.8 Å². The summed E-state index contributed by atoms with van der Waals surface area (Å²) in [5.74, 6) is 0.658. The Morgan fingerprint density at radius 3 is 2.83 bits per heavy atom. The summed E-state index contributed by atoms with van der Waals surface area (Å²) in [6.45, 7) is 7.53. The number of carbonyl (C=O) groups is 1. The maximum Gasteiger partial charge on any atom is 0.324 e. The summed E-state index contributed by atoms with van der Waals surface area (Å²) in [6.07, 6.45) is 0.197. The Hall–Kier alpha value is -1.59. The minimum Gasteiger partial charge on any atom is -0.481 e. The van der Waals surface area contributed by atoms with Crippen LogP contribution in [-0.4, -0.2) is 34.3 Å². The highest BCUT2D eigenvalue weighted by atomic mass is 16.5. The fourth-order valence-corrected chi connectivity index (χ4v) is 2.27. The fourth-order valence-electron chi connectivity index (χ4n) is 2.27. The first-order valence-electron chi connectivity index (χ1n) is 6.27. The molecule has 2 atom stereocenters. The summed E-state index contributed by atoms with van der Waals surface area (Å²) in [7, 11) is 0. The third-order valence-electron chi connectivity index (χ3n) is 3.42. The van der Waals surface area contributed by atoms with E-state index in [4.69, 9.17) is 9.63 Å². The van der Waals surface area contributed by atoms with Crippen LogP contribution in [0.3, 0.4) is 0 Å². The molecular weight excluding hydrogens is 234 g/mol. The van der Waals surface area contributed by atoms with E-state index in [1.807, 2.05) is 18.7 Å². The first kappa shape index (κ1) is 12.9. The molecule has 2 heterocycles. The van der Waals surface area contributed by atoms with E-state index < -0.39 is 5.97 Å². The van der Waals surface area contributed by atoms with Crippen molar-refractivity contribution in [2.24, 2.45) is 11.8 Å². The van der Waals surface area contributed by atoms with Crippen molar-refractivity contribution >= 4 is 12.0 Å². The highest BCUT2D eigenvalue weighted by Gasteiger charge is 2.33. The van der Waals surface area contributed by atoms with E-state index in [2.05, 4.69) is 17.1 Å². The van der Waals surface area contributed by atoms with Crippen LogP contribution in [-0.2, 0) is 4.79 Å². The van der Waals surface area contributed by atoms with Gasteiger partial charge in [0.15, 0.2) is 5.82 Å². The largest absolute Gasteiger partial charge is 0.481 e. The number of anilines is 1. The van der Waals surface area contributed by atoms with Gasteiger partial charge in [-0.3, -0.25) is 4.79 Å². The molecular formula is C12H19N3O3. The fraction of sp³-hybridized carbons (Fsp3) is 0.750. The van der Waals surface area contributed by atoms with Gasteiger partial charge < -0.3 is 14.5 Å². The highest BCUT2D eigenvalue weighted by molar-refractivity contribution is 5.67. The van der Waals surface area contributed by atoms with Crippen LogP contribution in [0.2, 0.25) is 0 Å². The summed E-state index contributed by atoms with van der Waals surface area (Å²) >= 11 is 0. The number of hydrogen-bond acceptors (Lipinski definition) is 5. The van der Waals surface area contributed by atoms with Crippen LogP contribution in [0, 0.1) is 11.8 Å². The van der Waals surface area contributed by atoms with Crippen molar-refractivity contribution in [1.29, 1.82) is 0 Å².